The van der Waals surface area contributed by atoms with Crippen molar-refractivity contribution in [2.75, 3.05) is 0 Å². The molecule has 0 aliphatic rings. The van der Waals surface area contributed by atoms with Crippen molar-refractivity contribution in [3.05, 3.63) is 59.7 Å². The van der Waals surface area contributed by atoms with Crippen molar-refractivity contribution in [3.8, 4) is 0 Å². The van der Waals surface area contributed by atoms with E-state index in [1.54, 1.807) is 0 Å². The molecule has 0 spiro atoms. The van der Waals surface area contributed by atoms with Crippen molar-refractivity contribution in [3.63, 3.8) is 0 Å². The summed E-state index contributed by atoms with van der Waals surface area (Å²) in [5.74, 6) is -0.542. The summed E-state index contributed by atoms with van der Waals surface area (Å²) in [6.45, 7) is 7.78. The molecule has 28 heavy (non-hydrogen) atoms. The molecule has 0 heterocycles. The van der Waals surface area contributed by atoms with Gasteiger partial charge in [0, 0.05) is 0 Å². The van der Waals surface area contributed by atoms with Gasteiger partial charge in [0.05, 0.1) is 0 Å². The summed E-state index contributed by atoms with van der Waals surface area (Å²) in [7, 11) is 0. The van der Waals surface area contributed by atoms with Gasteiger partial charge >= 0.3 is 179 Å². The maximum absolute atomic E-state index is 12.5. The molecule has 0 aliphatic heterocycles. The molecular formula is C22H26O4Se2. The molecule has 0 fully saturated rings. The molecule has 0 radical (unpaired) electrons. The molecule has 2 aromatic rings. The van der Waals surface area contributed by atoms with Gasteiger partial charge in [-0.15, -0.1) is 0 Å². The van der Waals surface area contributed by atoms with Gasteiger partial charge in [0.1, 0.15) is 0 Å². The van der Waals surface area contributed by atoms with Gasteiger partial charge in [-0.25, -0.2) is 0 Å². The van der Waals surface area contributed by atoms with Gasteiger partial charge in [0.2, 0.25) is 0 Å². The second-order valence-corrected chi connectivity index (χ2v) is 12.6. The van der Waals surface area contributed by atoms with Crippen molar-refractivity contribution in [2.45, 2.75) is 52.7 Å². The molecule has 0 saturated carbocycles. The number of ether oxygens (including phenoxy) is 2. The van der Waals surface area contributed by atoms with Gasteiger partial charge in [-0.3, -0.25) is 0 Å². The van der Waals surface area contributed by atoms with E-state index in [4.69, 9.17) is 9.47 Å². The topological polar surface area (TPSA) is 52.6 Å². The van der Waals surface area contributed by atoms with Gasteiger partial charge in [-0.1, -0.05) is 0 Å². The van der Waals surface area contributed by atoms with Crippen LogP contribution in [0, 0.1) is 0 Å². The fourth-order valence-corrected chi connectivity index (χ4v) is 9.24. The van der Waals surface area contributed by atoms with Gasteiger partial charge in [-0.2, -0.15) is 0 Å². The molecule has 150 valence electrons. The van der Waals surface area contributed by atoms with Crippen LogP contribution in [0.2, 0.25) is 0 Å². The summed E-state index contributed by atoms with van der Waals surface area (Å²) in [4.78, 5) is 25.0. The third kappa shape index (κ3) is 6.49. The van der Waals surface area contributed by atoms with Crippen LogP contribution in [0.1, 0.15) is 61.3 Å². The third-order valence-corrected chi connectivity index (χ3v) is 11.4. The van der Waals surface area contributed by atoms with Crippen LogP contribution in [0.15, 0.2) is 48.5 Å². The summed E-state index contributed by atoms with van der Waals surface area (Å²) in [6.07, 6.45) is 1.37. The summed E-state index contributed by atoms with van der Waals surface area (Å²) in [5.41, 5.74) is 1.26. The third-order valence-electron chi connectivity index (χ3n) is 4.20. The molecule has 2 atom stereocenters. The first kappa shape index (κ1) is 22.7. The average molecular weight is 512 g/mol. The minimum absolute atomic E-state index is 0.0465. The van der Waals surface area contributed by atoms with Crippen LogP contribution in [-0.2, 0) is 9.47 Å². The molecule has 0 saturated heterocycles. The Labute approximate surface area is 178 Å². The molecule has 0 aromatic heterocycles. The van der Waals surface area contributed by atoms with Crippen LogP contribution in [0.4, 0.5) is 0 Å². The summed E-state index contributed by atoms with van der Waals surface area (Å²) < 4.78 is 13.0. The maximum atomic E-state index is 12.5. The zero-order valence-corrected chi connectivity index (χ0v) is 20.1. The van der Waals surface area contributed by atoms with Crippen molar-refractivity contribution < 1.29 is 19.1 Å². The number of carbonyl (C=O) groups is 2. The Morgan fingerprint density at radius 3 is 1.46 bits per heavy atom. The van der Waals surface area contributed by atoms with Crippen LogP contribution in [0.25, 0.3) is 0 Å². The number of hydrogen-bond acceptors (Lipinski definition) is 4. The van der Waals surface area contributed by atoms with E-state index in [9.17, 15) is 9.59 Å². The first-order valence-corrected chi connectivity index (χ1v) is 15.4. The molecule has 4 nitrogen and oxygen atoms in total. The van der Waals surface area contributed by atoms with Crippen molar-refractivity contribution in [1.82, 2.24) is 0 Å². The predicted molar refractivity (Wildman–Crippen MR) is 114 cm³/mol. The molecule has 0 bridgehead atoms. The molecule has 0 unspecified atom stereocenters. The van der Waals surface area contributed by atoms with Crippen molar-refractivity contribution >= 4 is 47.1 Å². The van der Waals surface area contributed by atoms with E-state index in [2.05, 4.69) is 0 Å². The fourth-order valence-electron chi connectivity index (χ4n) is 2.16. The number of rotatable bonds is 9. The van der Waals surface area contributed by atoms with E-state index in [-0.39, 0.29) is 50.4 Å². The summed E-state index contributed by atoms with van der Waals surface area (Å²) in [5, 5.41) is 0. The van der Waals surface area contributed by atoms with Crippen LogP contribution in [0.5, 0.6) is 0 Å². The molecule has 2 rings (SSSR count). The van der Waals surface area contributed by atoms with Crippen LogP contribution in [0.3, 0.4) is 0 Å². The summed E-state index contributed by atoms with van der Waals surface area (Å²) >= 11 is 0.0929. The number of esters is 2. The molecule has 0 amide bonds. The molecule has 2 aromatic carbocycles. The monoisotopic (exact) mass is 514 g/mol. The van der Waals surface area contributed by atoms with Gasteiger partial charge in [0.15, 0.2) is 0 Å². The Bertz CT molecular complexity index is 739. The number of hydrogen-bond donors (Lipinski definition) is 0. The Balaban J connectivity index is 2.15. The molecule has 0 N–H and O–H groups in total. The van der Waals surface area contributed by atoms with E-state index < -0.39 is 0 Å². The standard InChI is InChI=1S/C22H26O4Se2/c1-5-15(3)25-21(23)17-11-7-9-13-19(17)27-28-20-14-10-8-12-18(20)22(24)26-16(4)6-2/h7-16H,5-6H2,1-4H3/t15-,16-/m1/s1. The zero-order valence-electron chi connectivity index (χ0n) is 16.6. The van der Waals surface area contributed by atoms with E-state index in [1.807, 2.05) is 76.2 Å². The second kappa shape index (κ2) is 11.4. The number of carbonyl (C=O) groups excluding carboxylic acids is 2. The van der Waals surface area contributed by atoms with Gasteiger partial charge in [-0.05, 0) is 0 Å². The quantitative estimate of drug-likeness (QED) is 0.383. The van der Waals surface area contributed by atoms with E-state index >= 15 is 0 Å². The number of benzene rings is 2. The molecule has 6 heteroatoms. The van der Waals surface area contributed by atoms with Crippen LogP contribution >= 0.6 is 0 Å². The van der Waals surface area contributed by atoms with Crippen LogP contribution in [-0.4, -0.2) is 50.4 Å². The fraction of sp³-hybridized carbons (Fsp3) is 0.364. The SMILES string of the molecule is CC[C@@H](C)OC(=O)c1ccccc1[Se][Se]c1ccccc1C(=O)O[C@H](C)CC. The Morgan fingerprint density at radius 2 is 1.11 bits per heavy atom. The van der Waals surface area contributed by atoms with Gasteiger partial charge < -0.3 is 0 Å². The first-order valence-electron chi connectivity index (χ1n) is 9.40. The van der Waals surface area contributed by atoms with Crippen LogP contribution < -0.4 is 8.92 Å². The second-order valence-electron chi connectivity index (χ2n) is 6.41. The Kier molecular flexibility index (Phi) is 9.27. The normalized spacial score (nSPS) is 12.9. The van der Waals surface area contributed by atoms with E-state index in [0.29, 0.717) is 11.1 Å². The summed E-state index contributed by atoms with van der Waals surface area (Å²) in [6, 6.07) is 15.2. The Hall–Kier alpha value is -1.58. The Morgan fingerprint density at radius 1 is 0.750 bits per heavy atom. The van der Waals surface area contributed by atoms with E-state index in [1.165, 1.54) is 0 Å². The zero-order chi connectivity index (χ0) is 20.5. The van der Waals surface area contributed by atoms with E-state index in [0.717, 1.165) is 21.8 Å². The minimum atomic E-state index is -0.271. The first-order chi connectivity index (χ1) is 13.5. The van der Waals surface area contributed by atoms with Crippen molar-refractivity contribution in [1.29, 1.82) is 0 Å². The van der Waals surface area contributed by atoms with Crippen molar-refractivity contribution in [2.24, 2.45) is 0 Å². The molecule has 0 aliphatic carbocycles. The van der Waals surface area contributed by atoms with Gasteiger partial charge in [0.25, 0.3) is 0 Å². The predicted octanol–water partition coefficient (Wildman–Crippen LogP) is 2.87. The molecular weight excluding hydrogens is 486 g/mol. The average Bonchev–Trinajstić information content (AvgIpc) is 2.72.